The Labute approximate surface area is 123 Å². The second-order valence-corrected chi connectivity index (χ2v) is 7.31. The van der Waals surface area contributed by atoms with Crippen LogP contribution in [0.4, 0.5) is 0 Å². The fourth-order valence-electron chi connectivity index (χ4n) is 4.84. The van der Waals surface area contributed by atoms with Gasteiger partial charge in [0, 0.05) is 19.0 Å². The molecule has 3 rings (SSSR count). The lowest BCUT2D eigenvalue weighted by Crippen LogP contribution is -2.39. The van der Waals surface area contributed by atoms with E-state index in [4.69, 9.17) is 0 Å². The lowest BCUT2D eigenvalue weighted by Gasteiger charge is -2.39. The molecule has 3 aliphatic rings. The summed E-state index contributed by atoms with van der Waals surface area (Å²) in [6.07, 6.45) is 10.5. The summed E-state index contributed by atoms with van der Waals surface area (Å²) in [5.74, 6) is 3.32. The van der Waals surface area contributed by atoms with Gasteiger partial charge in [0.05, 0.1) is 0 Å². The molecule has 114 valence electrons. The fourth-order valence-corrected chi connectivity index (χ4v) is 4.84. The van der Waals surface area contributed by atoms with E-state index in [9.17, 15) is 4.79 Å². The summed E-state index contributed by atoms with van der Waals surface area (Å²) < 4.78 is 0. The van der Waals surface area contributed by atoms with E-state index in [2.05, 4.69) is 10.2 Å². The Bertz CT molecular complexity index is 344. The van der Waals surface area contributed by atoms with E-state index in [-0.39, 0.29) is 0 Å². The smallest absolute Gasteiger partial charge is 0.225 e. The molecule has 2 aliphatic carbocycles. The molecule has 0 aromatic carbocycles. The zero-order valence-electron chi connectivity index (χ0n) is 12.9. The first-order chi connectivity index (χ1) is 9.78. The van der Waals surface area contributed by atoms with E-state index in [1.165, 1.54) is 44.9 Å². The first-order valence-corrected chi connectivity index (χ1v) is 8.71. The van der Waals surface area contributed by atoms with Crippen molar-refractivity contribution in [3.05, 3.63) is 0 Å². The maximum Gasteiger partial charge on any atom is 0.225 e. The van der Waals surface area contributed by atoms with Crippen LogP contribution in [-0.2, 0) is 4.79 Å². The van der Waals surface area contributed by atoms with Gasteiger partial charge < -0.3 is 10.2 Å². The molecule has 1 saturated heterocycles. The summed E-state index contributed by atoms with van der Waals surface area (Å²) >= 11 is 0. The monoisotopic (exact) mass is 278 g/mol. The van der Waals surface area contributed by atoms with Gasteiger partial charge in [-0.15, -0.1) is 0 Å². The third-order valence-corrected chi connectivity index (χ3v) is 5.98. The second kappa shape index (κ2) is 6.46. The van der Waals surface area contributed by atoms with E-state index < -0.39 is 0 Å². The van der Waals surface area contributed by atoms with Gasteiger partial charge in [0.15, 0.2) is 0 Å². The Kier molecular flexibility index (Phi) is 4.65. The number of nitrogens with one attached hydrogen (secondary N) is 1. The number of rotatable bonds is 3. The largest absolute Gasteiger partial charge is 0.342 e. The molecule has 0 spiro atoms. The minimum Gasteiger partial charge on any atom is -0.342 e. The average molecular weight is 278 g/mol. The van der Waals surface area contributed by atoms with E-state index in [0.29, 0.717) is 17.7 Å². The van der Waals surface area contributed by atoms with Gasteiger partial charge >= 0.3 is 0 Å². The number of amides is 1. The zero-order chi connectivity index (χ0) is 13.9. The summed E-state index contributed by atoms with van der Waals surface area (Å²) in [7, 11) is 2.01. The Morgan fingerprint density at radius 3 is 2.70 bits per heavy atom. The van der Waals surface area contributed by atoms with Crippen LogP contribution in [0.15, 0.2) is 0 Å². The van der Waals surface area contributed by atoms with Crippen molar-refractivity contribution in [3.8, 4) is 0 Å². The molecular weight excluding hydrogens is 248 g/mol. The van der Waals surface area contributed by atoms with Gasteiger partial charge in [0.2, 0.25) is 5.91 Å². The Hall–Kier alpha value is -0.570. The van der Waals surface area contributed by atoms with E-state index >= 15 is 0 Å². The molecule has 0 aromatic rings. The van der Waals surface area contributed by atoms with Crippen molar-refractivity contribution < 1.29 is 4.79 Å². The summed E-state index contributed by atoms with van der Waals surface area (Å²) in [6.45, 7) is 3.04. The minimum atomic E-state index is 0.350. The lowest BCUT2D eigenvalue weighted by molar-refractivity contribution is -0.137. The van der Waals surface area contributed by atoms with Crippen LogP contribution in [0.2, 0.25) is 0 Å². The van der Waals surface area contributed by atoms with Crippen LogP contribution in [0.25, 0.3) is 0 Å². The molecule has 1 amide bonds. The van der Waals surface area contributed by atoms with E-state index in [1.54, 1.807) is 0 Å². The van der Waals surface area contributed by atoms with Crippen molar-refractivity contribution in [3.63, 3.8) is 0 Å². The molecular formula is C17H30N2O. The molecule has 2 saturated carbocycles. The molecule has 0 aromatic heterocycles. The van der Waals surface area contributed by atoms with Gasteiger partial charge in [0.25, 0.3) is 0 Å². The van der Waals surface area contributed by atoms with Crippen LogP contribution < -0.4 is 5.32 Å². The highest BCUT2D eigenvalue weighted by Gasteiger charge is 2.37. The summed E-state index contributed by atoms with van der Waals surface area (Å²) in [4.78, 5) is 14.9. The van der Waals surface area contributed by atoms with Crippen LogP contribution in [-0.4, -0.2) is 37.5 Å². The van der Waals surface area contributed by atoms with Crippen LogP contribution in [0.5, 0.6) is 0 Å². The molecule has 1 heterocycles. The Morgan fingerprint density at radius 2 is 1.90 bits per heavy atom. The molecule has 3 fully saturated rings. The van der Waals surface area contributed by atoms with Gasteiger partial charge in [-0.2, -0.15) is 0 Å². The first kappa shape index (κ1) is 14.4. The van der Waals surface area contributed by atoms with E-state index in [1.807, 2.05) is 7.05 Å². The molecule has 3 nitrogen and oxygen atoms in total. The van der Waals surface area contributed by atoms with Gasteiger partial charge in [-0.3, -0.25) is 4.79 Å². The third kappa shape index (κ3) is 3.03. The zero-order valence-corrected chi connectivity index (χ0v) is 12.9. The van der Waals surface area contributed by atoms with Crippen molar-refractivity contribution in [2.75, 3.05) is 26.7 Å². The maximum absolute atomic E-state index is 12.7. The first-order valence-electron chi connectivity index (χ1n) is 8.71. The van der Waals surface area contributed by atoms with Crippen LogP contribution in [0.1, 0.15) is 51.4 Å². The predicted molar refractivity (Wildman–Crippen MR) is 81.4 cm³/mol. The average Bonchev–Trinajstić information content (AvgIpc) is 2.95. The van der Waals surface area contributed by atoms with Crippen molar-refractivity contribution in [2.24, 2.45) is 23.7 Å². The van der Waals surface area contributed by atoms with Crippen molar-refractivity contribution in [2.45, 2.75) is 51.4 Å². The lowest BCUT2D eigenvalue weighted by atomic mass is 9.67. The maximum atomic E-state index is 12.7. The van der Waals surface area contributed by atoms with Crippen LogP contribution >= 0.6 is 0 Å². The van der Waals surface area contributed by atoms with Crippen molar-refractivity contribution in [1.82, 2.24) is 10.2 Å². The highest BCUT2D eigenvalue weighted by molar-refractivity contribution is 5.79. The molecule has 0 radical (unpaired) electrons. The summed E-state index contributed by atoms with van der Waals surface area (Å²) in [5.41, 5.74) is 0. The molecule has 3 heteroatoms. The fraction of sp³-hybridized carbons (Fsp3) is 0.941. The number of fused-ring (bicyclic) bond motifs is 1. The Morgan fingerprint density at radius 1 is 1.10 bits per heavy atom. The molecule has 0 bridgehead atoms. The number of hydrogen-bond donors (Lipinski definition) is 1. The highest BCUT2D eigenvalue weighted by Crippen LogP contribution is 2.43. The predicted octanol–water partition coefficient (Wildman–Crippen LogP) is 2.66. The molecule has 1 aliphatic heterocycles. The van der Waals surface area contributed by atoms with Crippen molar-refractivity contribution in [1.29, 1.82) is 0 Å². The van der Waals surface area contributed by atoms with Gasteiger partial charge in [-0.1, -0.05) is 25.7 Å². The second-order valence-electron chi connectivity index (χ2n) is 7.31. The highest BCUT2D eigenvalue weighted by atomic mass is 16.2. The number of likely N-dealkylation sites (tertiary alicyclic amines) is 1. The van der Waals surface area contributed by atoms with Gasteiger partial charge in [-0.25, -0.2) is 0 Å². The minimum absolute atomic E-state index is 0.350. The number of nitrogens with zero attached hydrogens (tertiary/aromatic N) is 1. The van der Waals surface area contributed by atoms with Crippen molar-refractivity contribution >= 4 is 5.91 Å². The summed E-state index contributed by atoms with van der Waals surface area (Å²) in [5, 5.41) is 3.25. The molecule has 4 atom stereocenters. The number of hydrogen-bond acceptors (Lipinski definition) is 2. The SMILES string of the molecule is CNCC1CCN(C(=O)C2CCC3CCCCC3C2)C1. The molecule has 4 unspecified atom stereocenters. The number of carbonyl (C=O) groups excluding carboxylic acids is 1. The number of carbonyl (C=O) groups is 1. The molecule has 20 heavy (non-hydrogen) atoms. The van der Waals surface area contributed by atoms with Gasteiger partial charge in [0.1, 0.15) is 0 Å². The van der Waals surface area contributed by atoms with Crippen LogP contribution in [0.3, 0.4) is 0 Å². The quantitative estimate of drug-likeness (QED) is 0.861. The third-order valence-electron chi connectivity index (χ3n) is 5.98. The normalized spacial score (nSPS) is 37.8. The standard InChI is InChI=1S/C17H30N2O/c1-18-11-13-8-9-19(12-13)17(20)16-7-6-14-4-2-3-5-15(14)10-16/h13-16,18H,2-12H2,1H3. The molecule has 1 N–H and O–H groups in total. The Balaban J connectivity index is 1.53. The van der Waals surface area contributed by atoms with E-state index in [0.717, 1.165) is 37.9 Å². The topological polar surface area (TPSA) is 32.3 Å². The van der Waals surface area contributed by atoms with Crippen LogP contribution in [0, 0.1) is 23.7 Å². The van der Waals surface area contributed by atoms with Gasteiger partial charge in [-0.05, 0) is 57.0 Å². The summed E-state index contributed by atoms with van der Waals surface area (Å²) in [6, 6.07) is 0.